The number of fused-ring (bicyclic) bond motifs is 1. The molecule has 0 saturated carbocycles. The number of amides is 2. The molecule has 2 amide bonds. The average Bonchev–Trinajstić information content (AvgIpc) is 2.61. The smallest absolute Gasteiger partial charge is 0.261 e. The topological polar surface area (TPSA) is 54.5 Å². The van der Waals surface area contributed by atoms with Crippen molar-refractivity contribution < 1.29 is 14.4 Å². The SMILES string of the molecule is CC(=O)C(C)C(C)N1C(=O)c2ccccc2C1=O. The van der Waals surface area contributed by atoms with Crippen LogP contribution < -0.4 is 0 Å². The van der Waals surface area contributed by atoms with Gasteiger partial charge >= 0.3 is 0 Å². The summed E-state index contributed by atoms with van der Waals surface area (Å²) in [6, 6.07) is 6.32. The Balaban J connectivity index is 2.37. The van der Waals surface area contributed by atoms with Crippen molar-refractivity contribution in [2.75, 3.05) is 0 Å². The summed E-state index contributed by atoms with van der Waals surface area (Å²) in [4.78, 5) is 36.9. The second-order valence-corrected chi connectivity index (χ2v) is 4.67. The fourth-order valence-electron chi connectivity index (χ4n) is 2.14. The molecule has 2 atom stereocenters. The third-order valence-electron chi connectivity index (χ3n) is 3.60. The zero-order valence-electron chi connectivity index (χ0n) is 10.6. The van der Waals surface area contributed by atoms with Crippen molar-refractivity contribution in [2.45, 2.75) is 26.8 Å². The van der Waals surface area contributed by atoms with Crippen LogP contribution in [0.1, 0.15) is 41.5 Å². The maximum Gasteiger partial charge on any atom is 0.261 e. The predicted octanol–water partition coefficient (Wildman–Crippen LogP) is 1.90. The van der Waals surface area contributed by atoms with Crippen LogP contribution >= 0.6 is 0 Å². The summed E-state index contributed by atoms with van der Waals surface area (Å²) in [5.41, 5.74) is 0.843. The van der Waals surface area contributed by atoms with E-state index in [1.807, 2.05) is 0 Å². The van der Waals surface area contributed by atoms with Crippen LogP contribution in [-0.2, 0) is 4.79 Å². The first kappa shape index (κ1) is 12.5. The zero-order chi connectivity index (χ0) is 13.4. The summed E-state index contributed by atoms with van der Waals surface area (Å²) in [5, 5.41) is 0. The zero-order valence-corrected chi connectivity index (χ0v) is 10.6. The van der Waals surface area contributed by atoms with Gasteiger partial charge in [-0.15, -0.1) is 0 Å². The molecular formula is C14H15NO3. The van der Waals surface area contributed by atoms with E-state index < -0.39 is 6.04 Å². The summed E-state index contributed by atoms with van der Waals surface area (Å²) < 4.78 is 0. The van der Waals surface area contributed by atoms with Gasteiger partial charge in [-0.3, -0.25) is 19.3 Å². The molecule has 0 aliphatic carbocycles. The van der Waals surface area contributed by atoms with Gasteiger partial charge in [-0.2, -0.15) is 0 Å². The molecule has 1 aromatic carbocycles. The molecule has 1 aliphatic rings. The molecule has 1 aliphatic heterocycles. The quantitative estimate of drug-likeness (QED) is 0.764. The Kier molecular flexibility index (Phi) is 3.03. The van der Waals surface area contributed by atoms with E-state index in [0.717, 1.165) is 0 Å². The first-order chi connectivity index (χ1) is 8.45. The van der Waals surface area contributed by atoms with E-state index in [2.05, 4.69) is 0 Å². The Morgan fingerprint density at radius 2 is 1.50 bits per heavy atom. The van der Waals surface area contributed by atoms with E-state index in [9.17, 15) is 14.4 Å². The van der Waals surface area contributed by atoms with Gasteiger partial charge in [0, 0.05) is 12.0 Å². The number of Topliss-reactive ketones (excluding diaryl/α,β-unsaturated/α-hetero) is 1. The van der Waals surface area contributed by atoms with Crippen molar-refractivity contribution in [3.63, 3.8) is 0 Å². The maximum absolute atomic E-state index is 12.2. The molecule has 4 heteroatoms. The molecule has 0 radical (unpaired) electrons. The number of benzene rings is 1. The minimum atomic E-state index is -0.421. The lowest BCUT2D eigenvalue weighted by Crippen LogP contribution is -2.43. The molecule has 0 spiro atoms. The van der Waals surface area contributed by atoms with E-state index in [4.69, 9.17) is 0 Å². The number of ketones is 1. The lowest BCUT2D eigenvalue weighted by molar-refractivity contribution is -0.121. The highest BCUT2D eigenvalue weighted by Crippen LogP contribution is 2.26. The van der Waals surface area contributed by atoms with Crippen LogP contribution in [0.2, 0.25) is 0 Å². The van der Waals surface area contributed by atoms with Gasteiger partial charge in [0.2, 0.25) is 0 Å². The van der Waals surface area contributed by atoms with Crippen LogP contribution in [0.3, 0.4) is 0 Å². The Bertz CT molecular complexity index is 501. The molecule has 0 bridgehead atoms. The molecule has 2 rings (SSSR count). The first-order valence-corrected chi connectivity index (χ1v) is 5.92. The van der Waals surface area contributed by atoms with Crippen LogP contribution in [0, 0.1) is 5.92 Å². The molecule has 18 heavy (non-hydrogen) atoms. The normalized spacial score (nSPS) is 17.6. The van der Waals surface area contributed by atoms with Crippen molar-refractivity contribution in [1.82, 2.24) is 4.90 Å². The molecule has 4 nitrogen and oxygen atoms in total. The van der Waals surface area contributed by atoms with Gasteiger partial charge in [0.05, 0.1) is 11.1 Å². The molecule has 0 N–H and O–H groups in total. The van der Waals surface area contributed by atoms with Gasteiger partial charge in [-0.25, -0.2) is 0 Å². The van der Waals surface area contributed by atoms with Crippen molar-refractivity contribution in [3.05, 3.63) is 35.4 Å². The average molecular weight is 245 g/mol. The van der Waals surface area contributed by atoms with Crippen molar-refractivity contribution in [2.24, 2.45) is 5.92 Å². The third kappa shape index (κ3) is 1.74. The molecule has 2 unspecified atom stereocenters. The third-order valence-corrected chi connectivity index (χ3v) is 3.60. The number of carbonyl (C=O) groups is 3. The van der Waals surface area contributed by atoms with Gasteiger partial charge in [0.25, 0.3) is 11.8 Å². The van der Waals surface area contributed by atoms with Crippen molar-refractivity contribution >= 4 is 17.6 Å². The van der Waals surface area contributed by atoms with E-state index in [1.165, 1.54) is 11.8 Å². The molecule has 0 fully saturated rings. The van der Waals surface area contributed by atoms with Gasteiger partial charge in [-0.1, -0.05) is 19.1 Å². The second kappa shape index (κ2) is 4.37. The van der Waals surface area contributed by atoms with Crippen LogP contribution in [0.25, 0.3) is 0 Å². The minimum absolute atomic E-state index is 0.0287. The van der Waals surface area contributed by atoms with Gasteiger partial charge in [0.15, 0.2) is 0 Å². The summed E-state index contributed by atoms with van der Waals surface area (Å²) in [6.45, 7) is 4.93. The number of imide groups is 1. The molecule has 94 valence electrons. The van der Waals surface area contributed by atoms with Crippen LogP contribution in [0.4, 0.5) is 0 Å². The highest BCUT2D eigenvalue weighted by atomic mass is 16.2. The fourth-order valence-corrected chi connectivity index (χ4v) is 2.14. The maximum atomic E-state index is 12.2. The standard InChI is InChI=1S/C14H15NO3/c1-8(10(3)16)9(2)15-13(17)11-6-4-5-7-12(11)14(15)18/h4-9H,1-3H3. The summed E-state index contributed by atoms with van der Waals surface area (Å²) >= 11 is 0. The van der Waals surface area contributed by atoms with Gasteiger partial charge in [-0.05, 0) is 26.0 Å². The lowest BCUT2D eigenvalue weighted by atomic mass is 9.98. The number of hydrogen-bond donors (Lipinski definition) is 0. The highest BCUT2D eigenvalue weighted by Gasteiger charge is 2.40. The van der Waals surface area contributed by atoms with Crippen LogP contribution in [0.5, 0.6) is 0 Å². The van der Waals surface area contributed by atoms with E-state index in [-0.39, 0.29) is 23.5 Å². The largest absolute Gasteiger partial charge is 0.300 e. The van der Waals surface area contributed by atoms with Crippen molar-refractivity contribution in [1.29, 1.82) is 0 Å². The first-order valence-electron chi connectivity index (χ1n) is 5.92. The Morgan fingerprint density at radius 1 is 1.06 bits per heavy atom. The molecule has 1 aromatic rings. The van der Waals surface area contributed by atoms with Gasteiger partial charge < -0.3 is 0 Å². The number of carbonyl (C=O) groups excluding carboxylic acids is 3. The molecular weight excluding hydrogens is 230 g/mol. The Labute approximate surface area is 106 Å². The summed E-state index contributed by atoms with van der Waals surface area (Å²) in [5.74, 6) is -1.00. The lowest BCUT2D eigenvalue weighted by Gasteiger charge is -2.26. The molecule has 0 saturated heterocycles. The van der Waals surface area contributed by atoms with Gasteiger partial charge in [0.1, 0.15) is 5.78 Å². The van der Waals surface area contributed by atoms with E-state index >= 15 is 0 Å². The van der Waals surface area contributed by atoms with E-state index in [0.29, 0.717) is 11.1 Å². The molecule has 0 aromatic heterocycles. The minimum Gasteiger partial charge on any atom is -0.300 e. The monoisotopic (exact) mass is 245 g/mol. The Hall–Kier alpha value is -1.97. The summed E-state index contributed by atoms with van der Waals surface area (Å²) in [6.07, 6.45) is 0. The molecule has 1 heterocycles. The van der Waals surface area contributed by atoms with Crippen LogP contribution in [0.15, 0.2) is 24.3 Å². The fraction of sp³-hybridized carbons (Fsp3) is 0.357. The second-order valence-electron chi connectivity index (χ2n) is 4.67. The van der Waals surface area contributed by atoms with Crippen LogP contribution in [-0.4, -0.2) is 28.5 Å². The number of hydrogen-bond acceptors (Lipinski definition) is 3. The van der Waals surface area contributed by atoms with Crippen molar-refractivity contribution in [3.8, 4) is 0 Å². The predicted molar refractivity (Wildman–Crippen MR) is 66.2 cm³/mol. The van der Waals surface area contributed by atoms with E-state index in [1.54, 1.807) is 38.1 Å². The summed E-state index contributed by atoms with van der Waals surface area (Å²) in [7, 11) is 0. The number of rotatable bonds is 3. The number of nitrogens with zero attached hydrogens (tertiary/aromatic N) is 1. The Morgan fingerprint density at radius 3 is 1.89 bits per heavy atom. The highest BCUT2D eigenvalue weighted by molar-refractivity contribution is 6.21.